The third kappa shape index (κ3) is 4.27. The quantitative estimate of drug-likeness (QED) is 0.773. The molecule has 0 amide bonds. The van der Waals surface area contributed by atoms with E-state index in [1.54, 1.807) is 4.90 Å². The van der Waals surface area contributed by atoms with Crippen molar-refractivity contribution in [1.82, 2.24) is 4.98 Å². The maximum Gasteiger partial charge on any atom is 0.119 e. The van der Waals surface area contributed by atoms with Crippen LogP contribution in [0.3, 0.4) is 0 Å². The Kier molecular flexibility index (Phi) is 5.85. The molecule has 2 aliphatic rings. The lowest BCUT2D eigenvalue weighted by Gasteiger charge is -2.32. The molecule has 0 saturated carbocycles. The Hall–Kier alpha value is -1.87. The minimum Gasteiger partial charge on any atom is -0.494 e. The second-order valence-electron chi connectivity index (χ2n) is 7.83. The second kappa shape index (κ2) is 8.68. The Balaban J connectivity index is 1.22. The molecular weight excluding hydrogens is 320 g/mol. The Morgan fingerprint density at radius 1 is 1.04 bits per heavy atom. The summed E-state index contributed by atoms with van der Waals surface area (Å²) in [5.41, 5.74) is 4.43. The smallest absolute Gasteiger partial charge is 0.119 e. The van der Waals surface area contributed by atoms with Gasteiger partial charge in [0.25, 0.3) is 0 Å². The number of rotatable bonds is 7. The molecule has 3 heteroatoms. The van der Waals surface area contributed by atoms with E-state index >= 15 is 0 Å². The van der Waals surface area contributed by atoms with E-state index in [2.05, 4.69) is 41.5 Å². The number of aromatic nitrogens is 1. The highest BCUT2D eigenvalue weighted by atomic mass is 16.5. The summed E-state index contributed by atoms with van der Waals surface area (Å²) in [7, 11) is 0. The van der Waals surface area contributed by atoms with Gasteiger partial charge in [0.2, 0.25) is 0 Å². The van der Waals surface area contributed by atoms with Gasteiger partial charge < -0.3 is 9.64 Å². The van der Waals surface area contributed by atoms with E-state index in [1.165, 1.54) is 74.7 Å². The summed E-state index contributed by atoms with van der Waals surface area (Å²) in [6, 6.07) is 11.6. The van der Waals surface area contributed by atoms with Crippen molar-refractivity contribution in [2.75, 3.05) is 19.7 Å². The fourth-order valence-electron chi connectivity index (χ4n) is 4.64. The molecule has 1 aliphatic heterocycles. The van der Waals surface area contributed by atoms with E-state index in [-0.39, 0.29) is 0 Å². The van der Waals surface area contributed by atoms with Crippen LogP contribution in [0.15, 0.2) is 42.7 Å². The van der Waals surface area contributed by atoms with E-state index in [4.69, 9.17) is 4.74 Å². The number of likely N-dealkylation sites (tertiary alicyclic amines) is 1. The van der Waals surface area contributed by atoms with Crippen molar-refractivity contribution in [2.45, 2.75) is 57.4 Å². The summed E-state index contributed by atoms with van der Waals surface area (Å²) in [5, 5.41) is 0. The number of fused-ring (bicyclic) bond motifs is 1. The van der Waals surface area contributed by atoms with E-state index in [1.807, 2.05) is 6.20 Å². The van der Waals surface area contributed by atoms with Gasteiger partial charge in [0.1, 0.15) is 11.8 Å². The van der Waals surface area contributed by atoms with Crippen molar-refractivity contribution in [3.63, 3.8) is 0 Å². The number of nitrogens with one attached hydrogen (secondary N) is 1. The molecule has 2 atom stereocenters. The topological polar surface area (TPSA) is 26.6 Å². The summed E-state index contributed by atoms with van der Waals surface area (Å²) in [6.45, 7) is 3.38. The highest BCUT2D eigenvalue weighted by molar-refractivity contribution is 5.38. The van der Waals surface area contributed by atoms with Gasteiger partial charge in [-0.15, -0.1) is 0 Å². The van der Waals surface area contributed by atoms with E-state index < -0.39 is 0 Å². The molecule has 1 aliphatic carbocycles. The SMILES string of the molecule is c1cncc([C@@H]2CCCC[NH+]2CCCCOc2ccc3c(c2)CCC3)c1. The van der Waals surface area contributed by atoms with Gasteiger partial charge in [0.05, 0.1) is 19.7 Å². The standard InChI is InChI=1S/C23H30N2O/c1-2-14-25(23(10-1)21-9-6-13-24-18-21)15-3-4-16-26-22-12-11-19-7-5-8-20(19)17-22/h6,9,11-13,17-18,23H,1-5,7-8,10,14-16H2/p+1/t23-/m0/s1. The third-order valence-corrected chi connectivity index (χ3v) is 6.05. The summed E-state index contributed by atoms with van der Waals surface area (Å²) >= 11 is 0. The van der Waals surface area contributed by atoms with Crippen LogP contribution in [-0.4, -0.2) is 24.7 Å². The molecule has 3 nitrogen and oxygen atoms in total. The molecule has 4 rings (SSSR count). The third-order valence-electron chi connectivity index (χ3n) is 6.05. The number of aryl methyl sites for hydroxylation is 2. The monoisotopic (exact) mass is 351 g/mol. The van der Waals surface area contributed by atoms with Crippen LogP contribution in [0, 0.1) is 0 Å². The molecule has 138 valence electrons. The molecule has 1 aromatic heterocycles. The fraction of sp³-hybridized carbons (Fsp3) is 0.522. The number of nitrogens with zero attached hydrogens (tertiary/aromatic N) is 1. The van der Waals surface area contributed by atoms with Crippen LogP contribution in [0.1, 0.15) is 61.3 Å². The lowest BCUT2D eigenvalue weighted by molar-refractivity contribution is -0.937. The normalized spacial score (nSPS) is 22.2. The molecule has 1 N–H and O–H groups in total. The van der Waals surface area contributed by atoms with Crippen LogP contribution < -0.4 is 9.64 Å². The molecule has 1 aromatic carbocycles. The Morgan fingerprint density at radius 2 is 2.00 bits per heavy atom. The first kappa shape index (κ1) is 17.5. The van der Waals surface area contributed by atoms with Gasteiger partial charge >= 0.3 is 0 Å². The van der Waals surface area contributed by atoms with Crippen molar-refractivity contribution in [3.8, 4) is 5.75 Å². The maximum absolute atomic E-state index is 6.01. The molecule has 1 unspecified atom stereocenters. The molecular formula is C23H31N2O+. The van der Waals surface area contributed by atoms with Crippen LogP contribution in [0.4, 0.5) is 0 Å². The number of pyridine rings is 1. The van der Waals surface area contributed by atoms with Crippen molar-refractivity contribution >= 4 is 0 Å². The maximum atomic E-state index is 6.01. The number of hydrogen-bond donors (Lipinski definition) is 1. The molecule has 0 bridgehead atoms. The minimum atomic E-state index is 0.634. The fourth-order valence-corrected chi connectivity index (χ4v) is 4.64. The van der Waals surface area contributed by atoms with Crippen LogP contribution >= 0.6 is 0 Å². The van der Waals surface area contributed by atoms with E-state index in [0.29, 0.717) is 6.04 Å². The Bertz CT molecular complexity index is 701. The van der Waals surface area contributed by atoms with Gasteiger partial charge in [0.15, 0.2) is 0 Å². The zero-order chi connectivity index (χ0) is 17.6. The summed E-state index contributed by atoms with van der Waals surface area (Å²) in [6.07, 6.45) is 14.1. The first-order valence-electron chi connectivity index (χ1n) is 10.4. The summed E-state index contributed by atoms with van der Waals surface area (Å²) in [5.74, 6) is 1.06. The minimum absolute atomic E-state index is 0.634. The molecule has 0 radical (unpaired) electrons. The average Bonchev–Trinajstić information content (AvgIpc) is 3.17. The first-order valence-corrected chi connectivity index (χ1v) is 10.4. The van der Waals surface area contributed by atoms with Crippen molar-refractivity contribution in [2.24, 2.45) is 0 Å². The van der Waals surface area contributed by atoms with Crippen LogP contribution in [0.2, 0.25) is 0 Å². The lowest BCUT2D eigenvalue weighted by Crippen LogP contribution is -3.13. The highest BCUT2D eigenvalue weighted by Gasteiger charge is 2.27. The Labute approximate surface area is 157 Å². The zero-order valence-electron chi connectivity index (χ0n) is 15.8. The number of piperidine rings is 1. The number of unbranched alkanes of at least 4 members (excludes halogenated alkanes) is 1. The molecule has 2 aromatic rings. The number of benzene rings is 1. The zero-order valence-corrected chi connectivity index (χ0v) is 15.8. The number of quaternary nitrogens is 1. The Morgan fingerprint density at radius 3 is 2.92 bits per heavy atom. The van der Waals surface area contributed by atoms with E-state index in [9.17, 15) is 0 Å². The lowest BCUT2D eigenvalue weighted by atomic mass is 9.96. The average molecular weight is 352 g/mol. The van der Waals surface area contributed by atoms with Crippen molar-refractivity contribution in [3.05, 3.63) is 59.4 Å². The second-order valence-corrected chi connectivity index (χ2v) is 7.83. The highest BCUT2D eigenvalue weighted by Crippen LogP contribution is 2.26. The van der Waals surface area contributed by atoms with Gasteiger partial charge in [-0.25, -0.2) is 0 Å². The molecule has 1 fully saturated rings. The molecule has 1 saturated heterocycles. The van der Waals surface area contributed by atoms with Crippen molar-refractivity contribution < 1.29 is 9.64 Å². The van der Waals surface area contributed by atoms with Gasteiger partial charge in [-0.1, -0.05) is 12.1 Å². The van der Waals surface area contributed by atoms with Crippen LogP contribution in [0.25, 0.3) is 0 Å². The largest absolute Gasteiger partial charge is 0.494 e. The summed E-state index contributed by atoms with van der Waals surface area (Å²) < 4.78 is 6.01. The van der Waals surface area contributed by atoms with Gasteiger partial charge in [-0.2, -0.15) is 0 Å². The number of ether oxygens (including phenoxy) is 1. The number of hydrogen-bond acceptors (Lipinski definition) is 2. The van der Waals surface area contributed by atoms with Crippen LogP contribution in [0.5, 0.6) is 5.75 Å². The molecule has 0 spiro atoms. The van der Waals surface area contributed by atoms with Crippen LogP contribution in [-0.2, 0) is 12.8 Å². The molecule has 2 heterocycles. The predicted molar refractivity (Wildman–Crippen MR) is 105 cm³/mol. The van der Waals surface area contributed by atoms with E-state index in [0.717, 1.165) is 18.8 Å². The first-order chi connectivity index (χ1) is 12.9. The van der Waals surface area contributed by atoms with Crippen molar-refractivity contribution in [1.29, 1.82) is 0 Å². The van der Waals surface area contributed by atoms with Gasteiger partial charge in [0, 0.05) is 24.4 Å². The predicted octanol–water partition coefficient (Wildman–Crippen LogP) is 3.54. The van der Waals surface area contributed by atoms with Gasteiger partial charge in [-0.3, -0.25) is 4.98 Å². The summed E-state index contributed by atoms with van der Waals surface area (Å²) in [4.78, 5) is 6.07. The van der Waals surface area contributed by atoms with Gasteiger partial charge in [-0.05, 0) is 74.3 Å². The molecule has 26 heavy (non-hydrogen) atoms.